The molecule has 1 N–H and O–H groups in total. The number of para-hydroxylation sites is 1. The van der Waals surface area contributed by atoms with Crippen molar-refractivity contribution in [1.29, 1.82) is 0 Å². The molecule has 156 valence electrons. The fraction of sp³-hybridized carbons (Fsp3) is 0.381. The van der Waals surface area contributed by atoms with Gasteiger partial charge in [-0.1, -0.05) is 12.1 Å². The molecule has 29 heavy (non-hydrogen) atoms. The van der Waals surface area contributed by atoms with Crippen LogP contribution in [0.4, 0.5) is 18.9 Å². The standard InChI is InChI=1S/C21H23F3N2O3/c1-13-10-18(28-2)19(29-3)11-14(13)12-25-16-8-9-26(20(16)27)17-7-5-4-6-15(17)21(22,23)24/h4-7,10-11,16,25H,8-9,12H2,1-3H3. The molecule has 0 aliphatic carbocycles. The number of carbonyl (C=O) groups excluding carboxylic acids is 1. The first-order valence-electron chi connectivity index (χ1n) is 9.18. The zero-order valence-corrected chi connectivity index (χ0v) is 16.5. The summed E-state index contributed by atoms with van der Waals surface area (Å²) in [7, 11) is 3.10. The Labute approximate surface area is 167 Å². The number of methoxy groups -OCH3 is 2. The highest BCUT2D eigenvalue weighted by Gasteiger charge is 2.39. The molecule has 0 saturated carbocycles. The number of alkyl halides is 3. The van der Waals surface area contributed by atoms with Crippen LogP contribution in [0.15, 0.2) is 36.4 Å². The van der Waals surface area contributed by atoms with E-state index in [9.17, 15) is 18.0 Å². The molecule has 2 aromatic carbocycles. The van der Waals surface area contributed by atoms with E-state index in [4.69, 9.17) is 9.47 Å². The van der Waals surface area contributed by atoms with Crippen LogP contribution in [0.2, 0.25) is 0 Å². The molecule has 0 radical (unpaired) electrons. The molecule has 3 rings (SSSR count). The van der Waals surface area contributed by atoms with Gasteiger partial charge in [-0.05, 0) is 48.7 Å². The average molecular weight is 408 g/mol. The Bertz CT molecular complexity index is 899. The van der Waals surface area contributed by atoms with E-state index >= 15 is 0 Å². The number of ether oxygens (including phenoxy) is 2. The molecule has 0 aromatic heterocycles. The highest BCUT2D eigenvalue weighted by molar-refractivity contribution is 6.00. The van der Waals surface area contributed by atoms with Gasteiger partial charge >= 0.3 is 6.18 Å². The van der Waals surface area contributed by atoms with Crippen LogP contribution in [0, 0.1) is 6.92 Å². The third kappa shape index (κ3) is 4.32. The summed E-state index contributed by atoms with van der Waals surface area (Å²) in [6.07, 6.45) is -4.09. The summed E-state index contributed by atoms with van der Waals surface area (Å²) >= 11 is 0. The quantitative estimate of drug-likeness (QED) is 0.787. The molecule has 1 amide bonds. The van der Waals surface area contributed by atoms with Gasteiger partial charge in [-0.25, -0.2) is 0 Å². The molecule has 1 heterocycles. The summed E-state index contributed by atoms with van der Waals surface area (Å²) in [4.78, 5) is 14.0. The van der Waals surface area contributed by atoms with Gasteiger partial charge in [0.05, 0.1) is 31.5 Å². The average Bonchev–Trinajstić information content (AvgIpc) is 3.06. The Morgan fingerprint density at radius 2 is 1.79 bits per heavy atom. The summed E-state index contributed by atoms with van der Waals surface area (Å²) in [5.41, 5.74) is 0.978. The van der Waals surface area contributed by atoms with E-state index < -0.39 is 17.8 Å². The number of aryl methyl sites for hydroxylation is 1. The van der Waals surface area contributed by atoms with Crippen molar-refractivity contribution in [2.75, 3.05) is 25.7 Å². The first kappa shape index (κ1) is 21.0. The molecule has 0 bridgehead atoms. The number of halogens is 3. The number of benzene rings is 2. The van der Waals surface area contributed by atoms with Crippen LogP contribution in [0.3, 0.4) is 0 Å². The second-order valence-corrected chi connectivity index (χ2v) is 6.86. The first-order valence-corrected chi connectivity index (χ1v) is 9.18. The number of hydrogen-bond acceptors (Lipinski definition) is 4. The summed E-state index contributed by atoms with van der Waals surface area (Å²) < 4.78 is 50.5. The molecular formula is C21H23F3N2O3. The van der Waals surface area contributed by atoms with Gasteiger partial charge in [0.15, 0.2) is 11.5 Å². The van der Waals surface area contributed by atoms with Gasteiger partial charge in [0.1, 0.15) is 0 Å². The normalized spacial score (nSPS) is 17.0. The minimum Gasteiger partial charge on any atom is -0.493 e. The molecule has 5 nitrogen and oxygen atoms in total. The number of nitrogens with zero attached hydrogens (tertiary/aromatic N) is 1. The SMILES string of the molecule is COc1cc(C)c(CNC2CCN(c3ccccc3C(F)(F)F)C2=O)cc1OC. The third-order valence-corrected chi connectivity index (χ3v) is 5.09. The highest BCUT2D eigenvalue weighted by Crippen LogP contribution is 2.38. The van der Waals surface area contributed by atoms with Gasteiger partial charge in [0.2, 0.25) is 5.91 Å². The molecule has 1 unspecified atom stereocenters. The lowest BCUT2D eigenvalue weighted by molar-refractivity contribution is -0.137. The van der Waals surface area contributed by atoms with Crippen molar-refractivity contribution < 1.29 is 27.4 Å². The van der Waals surface area contributed by atoms with Crippen molar-refractivity contribution in [2.24, 2.45) is 0 Å². The predicted octanol–water partition coefficient (Wildman–Crippen LogP) is 3.93. The Morgan fingerprint density at radius 3 is 2.45 bits per heavy atom. The maximum Gasteiger partial charge on any atom is 0.418 e. The summed E-state index contributed by atoms with van der Waals surface area (Å²) in [5, 5.41) is 3.17. The summed E-state index contributed by atoms with van der Waals surface area (Å²) in [6, 6.07) is 8.28. The van der Waals surface area contributed by atoms with E-state index in [1.807, 2.05) is 19.1 Å². The van der Waals surface area contributed by atoms with Crippen LogP contribution in [0.1, 0.15) is 23.1 Å². The lowest BCUT2D eigenvalue weighted by Crippen LogP contribution is -2.38. The van der Waals surface area contributed by atoms with Crippen LogP contribution in [-0.4, -0.2) is 32.7 Å². The third-order valence-electron chi connectivity index (χ3n) is 5.09. The van der Waals surface area contributed by atoms with Crippen molar-refractivity contribution in [2.45, 2.75) is 32.1 Å². The van der Waals surface area contributed by atoms with E-state index in [-0.39, 0.29) is 18.1 Å². The van der Waals surface area contributed by atoms with Crippen molar-refractivity contribution in [3.63, 3.8) is 0 Å². The lowest BCUT2D eigenvalue weighted by Gasteiger charge is -2.22. The van der Waals surface area contributed by atoms with Gasteiger partial charge in [-0.2, -0.15) is 13.2 Å². The first-order chi connectivity index (χ1) is 13.8. The number of rotatable bonds is 6. The molecule has 1 aliphatic heterocycles. The number of nitrogens with one attached hydrogen (secondary N) is 1. The molecule has 1 saturated heterocycles. The zero-order chi connectivity index (χ0) is 21.2. The topological polar surface area (TPSA) is 50.8 Å². The molecule has 0 spiro atoms. The number of carbonyl (C=O) groups is 1. The van der Waals surface area contributed by atoms with E-state index in [1.165, 1.54) is 23.1 Å². The van der Waals surface area contributed by atoms with E-state index in [1.54, 1.807) is 14.2 Å². The van der Waals surface area contributed by atoms with Crippen LogP contribution >= 0.6 is 0 Å². The molecule has 1 aliphatic rings. The second-order valence-electron chi connectivity index (χ2n) is 6.86. The van der Waals surface area contributed by atoms with E-state index in [0.717, 1.165) is 17.2 Å². The number of amides is 1. The molecule has 2 aromatic rings. The van der Waals surface area contributed by atoms with Gasteiger partial charge in [0, 0.05) is 13.1 Å². The Hall–Kier alpha value is -2.74. The van der Waals surface area contributed by atoms with Crippen molar-refractivity contribution in [3.8, 4) is 11.5 Å². The monoisotopic (exact) mass is 408 g/mol. The minimum atomic E-state index is -4.51. The van der Waals surface area contributed by atoms with Gasteiger partial charge in [0.25, 0.3) is 0 Å². The fourth-order valence-corrected chi connectivity index (χ4v) is 3.50. The van der Waals surface area contributed by atoms with Crippen molar-refractivity contribution in [1.82, 2.24) is 5.32 Å². The van der Waals surface area contributed by atoms with Crippen LogP contribution in [0.5, 0.6) is 11.5 Å². The molecular weight excluding hydrogens is 385 g/mol. The van der Waals surface area contributed by atoms with Crippen LogP contribution < -0.4 is 19.7 Å². The zero-order valence-electron chi connectivity index (χ0n) is 16.5. The van der Waals surface area contributed by atoms with Gasteiger partial charge in [-0.3, -0.25) is 4.79 Å². The molecule has 1 fully saturated rings. The Morgan fingerprint density at radius 1 is 1.14 bits per heavy atom. The largest absolute Gasteiger partial charge is 0.493 e. The van der Waals surface area contributed by atoms with E-state index in [0.29, 0.717) is 24.5 Å². The van der Waals surface area contributed by atoms with Gasteiger partial charge in [-0.15, -0.1) is 0 Å². The Balaban J connectivity index is 1.74. The summed E-state index contributed by atoms with van der Waals surface area (Å²) in [5.74, 6) is 0.828. The van der Waals surface area contributed by atoms with Crippen LogP contribution in [0.25, 0.3) is 0 Å². The maximum absolute atomic E-state index is 13.3. The van der Waals surface area contributed by atoms with E-state index in [2.05, 4.69) is 5.32 Å². The highest BCUT2D eigenvalue weighted by atomic mass is 19.4. The van der Waals surface area contributed by atoms with Crippen LogP contribution in [-0.2, 0) is 17.5 Å². The Kier molecular flexibility index (Phi) is 6.02. The number of hydrogen-bond donors (Lipinski definition) is 1. The smallest absolute Gasteiger partial charge is 0.418 e. The predicted molar refractivity (Wildman–Crippen MR) is 103 cm³/mol. The maximum atomic E-state index is 13.3. The van der Waals surface area contributed by atoms with Gasteiger partial charge < -0.3 is 19.7 Å². The lowest BCUT2D eigenvalue weighted by atomic mass is 10.1. The van der Waals surface area contributed by atoms with Crippen molar-refractivity contribution in [3.05, 3.63) is 53.1 Å². The fourth-order valence-electron chi connectivity index (χ4n) is 3.50. The second kappa shape index (κ2) is 8.32. The number of anilines is 1. The van der Waals surface area contributed by atoms with Crippen molar-refractivity contribution >= 4 is 11.6 Å². The summed E-state index contributed by atoms with van der Waals surface area (Å²) in [6.45, 7) is 2.53. The molecule has 1 atom stereocenters. The molecule has 8 heteroatoms. The minimum absolute atomic E-state index is 0.100.